The molecule has 0 saturated carbocycles. The van der Waals surface area contributed by atoms with Crippen LogP contribution in [0.4, 0.5) is 5.69 Å². The van der Waals surface area contributed by atoms with Crippen molar-refractivity contribution in [3.8, 4) is 0 Å². The number of aromatic nitrogens is 4. The summed E-state index contributed by atoms with van der Waals surface area (Å²) in [6.45, 7) is 5.11. The van der Waals surface area contributed by atoms with E-state index >= 15 is 0 Å². The highest BCUT2D eigenvalue weighted by atomic mass is 16.3. The predicted octanol–water partition coefficient (Wildman–Crippen LogP) is 2.27. The maximum absolute atomic E-state index is 13.1. The zero-order valence-corrected chi connectivity index (χ0v) is 19.6. The molecule has 1 fully saturated rings. The van der Waals surface area contributed by atoms with Gasteiger partial charge in [0, 0.05) is 44.6 Å². The number of anilines is 1. The molecule has 6 rings (SSSR count). The minimum absolute atomic E-state index is 0.0415. The summed E-state index contributed by atoms with van der Waals surface area (Å²) < 4.78 is 1.80. The number of benzene rings is 2. The number of fused-ring (bicyclic) bond motifs is 2. The molecule has 9 heteroatoms. The Kier molecular flexibility index (Phi) is 5.54. The first-order valence-corrected chi connectivity index (χ1v) is 12.0. The maximum atomic E-state index is 13.1. The summed E-state index contributed by atoms with van der Waals surface area (Å²) in [6, 6.07) is 21.7. The molecule has 3 heterocycles. The highest BCUT2D eigenvalue weighted by molar-refractivity contribution is 6.25. The molecule has 0 radical (unpaired) electrons. The summed E-state index contributed by atoms with van der Waals surface area (Å²) in [5.74, 6) is -0.935. The molecule has 2 aliphatic rings. The zero-order valence-electron chi connectivity index (χ0n) is 19.6. The van der Waals surface area contributed by atoms with Crippen molar-refractivity contribution in [2.45, 2.75) is 13.1 Å². The van der Waals surface area contributed by atoms with Gasteiger partial charge in [0.1, 0.15) is 12.2 Å². The zero-order chi connectivity index (χ0) is 24.6. The molecule has 0 bridgehead atoms. The van der Waals surface area contributed by atoms with Gasteiger partial charge >= 0.3 is 5.69 Å². The topological polar surface area (TPSA) is 97.2 Å². The molecular weight excluding hydrogens is 456 g/mol. The highest BCUT2D eigenvalue weighted by Crippen LogP contribution is 2.24. The highest BCUT2D eigenvalue weighted by Gasteiger charge is 2.42. The Morgan fingerprint density at radius 3 is 2.28 bits per heavy atom. The van der Waals surface area contributed by atoms with Crippen molar-refractivity contribution >= 4 is 17.3 Å². The third-order valence-electron chi connectivity index (χ3n) is 6.87. The number of nitrogens with one attached hydrogen (secondary N) is 1. The van der Waals surface area contributed by atoms with Crippen molar-refractivity contribution in [3.63, 3.8) is 0 Å². The van der Waals surface area contributed by atoms with E-state index in [4.69, 9.17) is 0 Å². The second kappa shape index (κ2) is 9.01. The summed E-state index contributed by atoms with van der Waals surface area (Å²) in [4.78, 5) is 47.3. The van der Waals surface area contributed by atoms with Gasteiger partial charge in [0.2, 0.25) is 5.78 Å². The van der Waals surface area contributed by atoms with Gasteiger partial charge in [-0.2, -0.15) is 0 Å². The SMILES string of the molecule is O=C1c2ncccc2C(=O)c2c1n(Cc1ccc(N3CCN(Cc4ccccc4)CC3)cc1)[nH][n+]2=O. The standard InChI is InChI=1S/C27H25N6O3/c34-26-22-7-4-12-28-23(22)27(35)24-25(26)33(36)29-32(24)18-20-8-10-21(11-9-20)31-15-13-30(14-16-31)17-19-5-2-1-3-6-19/h1-12H,13-18H2,(H,29,36)/q+1. The molecular formula is C27H25N6O3+. The molecule has 180 valence electrons. The van der Waals surface area contributed by atoms with Gasteiger partial charge in [-0.3, -0.25) is 19.5 Å². The van der Waals surface area contributed by atoms with Gasteiger partial charge in [-0.15, -0.1) is 4.68 Å². The van der Waals surface area contributed by atoms with E-state index < -0.39 is 11.6 Å². The minimum atomic E-state index is -0.501. The Balaban J connectivity index is 1.15. The number of aromatic amines is 1. The largest absolute Gasteiger partial charge is 0.369 e. The van der Waals surface area contributed by atoms with Crippen LogP contribution in [0.2, 0.25) is 0 Å². The molecule has 2 aromatic heterocycles. The van der Waals surface area contributed by atoms with Crippen molar-refractivity contribution in [1.82, 2.24) is 19.8 Å². The maximum Gasteiger partial charge on any atom is 0.301 e. The van der Waals surface area contributed by atoms with E-state index in [1.807, 2.05) is 18.2 Å². The van der Waals surface area contributed by atoms with E-state index in [2.05, 4.69) is 56.4 Å². The second-order valence-electron chi connectivity index (χ2n) is 9.15. The fourth-order valence-electron chi connectivity index (χ4n) is 4.99. The van der Waals surface area contributed by atoms with Crippen LogP contribution in [0, 0.1) is 4.91 Å². The fraction of sp³-hybridized carbons (Fsp3) is 0.222. The number of piperazine rings is 1. The first kappa shape index (κ1) is 22.1. The third kappa shape index (κ3) is 3.93. The van der Waals surface area contributed by atoms with Crippen molar-refractivity contribution in [2.75, 3.05) is 31.1 Å². The molecule has 1 N–H and O–H groups in total. The molecule has 1 aliphatic carbocycles. The Morgan fingerprint density at radius 1 is 0.806 bits per heavy atom. The Labute approximate surface area is 207 Å². The normalized spacial score (nSPS) is 15.6. The first-order chi connectivity index (χ1) is 17.6. The van der Waals surface area contributed by atoms with E-state index in [0.717, 1.165) is 44.0 Å². The molecule has 9 nitrogen and oxygen atoms in total. The van der Waals surface area contributed by atoms with E-state index in [1.165, 1.54) is 22.5 Å². The molecule has 2 aromatic carbocycles. The van der Waals surface area contributed by atoms with Crippen molar-refractivity contribution in [2.24, 2.45) is 0 Å². The average Bonchev–Trinajstić information content (AvgIpc) is 3.24. The van der Waals surface area contributed by atoms with Crippen molar-refractivity contribution in [1.29, 1.82) is 0 Å². The van der Waals surface area contributed by atoms with Crippen molar-refractivity contribution < 1.29 is 14.1 Å². The van der Waals surface area contributed by atoms with Crippen LogP contribution in [0.25, 0.3) is 0 Å². The van der Waals surface area contributed by atoms with Crippen LogP contribution in [-0.4, -0.2) is 57.5 Å². The summed E-state index contributed by atoms with van der Waals surface area (Å²) in [5, 5.41) is 2.59. The van der Waals surface area contributed by atoms with Crippen molar-refractivity contribution in [3.05, 3.63) is 112 Å². The molecule has 0 spiro atoms. The van der Waals surface area contributed by atoms with Crippen LogP contribution in [-0.2, 0) is 13.1 Å². The summed E-state index contributed by atoms with van der Waals surface area (Å²) in [6.07, 6.45) is 1.47. The lowest BCUT2D eigenvalue weighted by Gasteiger charge is -2.36. The molecule has 36 heavy (non-hydrogen) atoms. The number of carbonyl (C=O) groups excluding carboxylic acids is 2. The van der Waals surface area contributed by atoms with E-state index in [1.54, 1.807) is 6.07 Å². The molecule has 1 saturated heterocycles. The van der Waals surface area contributed by atoms with Gasteiger partial charge in [0.05, 0.1) is 10.1 Å². The van der Waals surface area contributed by atoms with Gasteiger partial charge in [0.25, 0.3) is 11.5 Å². The number of pyridine rings is 1. The number of ketones is 2. The van der Waals surface area contributed by atoms with Crippen LogP contribution in [0.3, 0.4) is 0 Å². The minimum Gasteiger partial charge on any atom is -0.369 e. The lowest BCUT2D eigenvalue weighted by molar-refractivity contribution is -0.568. The number of hydrogen-bond donors (Lipinski definition) is 1. The number of rotatable bonds is 5. The van der Waals surface area contributed by atoms with E-state index in [9.17, 15) is 14.5 Å². The first-order valence-electron chi connectivity index (χ1n) is 12.0. The quantitative estimate of drug-likeness (QED) is 0.387. The second-order valence-corrected chi connectivity index (χ2v) is 9.15. The lowest BCUT2D eigenvalue weighted by Crippen LogP contribution is -2.45. The summed E-state index contributed by atoms with van der Waals surface area (Å²) in [7, 11) is 0. The van der Waals surface area contributed by atoms with Crippen LogP contribution in [0.15, 0.2) is 72.9 Å². The van der Waals surface area contributed by atoms with Crippen LogP contribution >= 0.6 is 0 Å². The number of carbonyl (C=O) groups is 2. The van der Waals surface area contributed by atoms with Gasteiger partial charge in [-0.05, 0) is 40.3 Å². The molecule has 0 atom stereocenters. The Hall–Kier alpha value is -4.37. The summed E-state index contributed by atoms with van der Waals surface area (Å²) in [5.41, 5.74) is 3.45. The Morgan fingerprint density at radius 2 is 1.53 bits per heavy atom. The monoisotopic (exact) mass is 481 g/mol. The number of H-pyrrole nitrogens is 1. The lowest BCUT2D eigenvalue weighted by atomic mass is 9.94. The fourth-order valence-corrected chi connectivity index (χ4v) is 4.99. The average molecular weight is 482 g/mol. The molecule has 0 unspecified atom stereocenters. The number of hydrogen-bond acceptors (Lipinski definition) is 6. The van der Waals surface area contributed by atoms with Gasteiger partial charge < -0.3 is 4.90 Å². The van der Waals surface area contributed by atoms with Gasteiger partial charge in [-0.1, -0.05) is 47.7 Å². The van der Waals surface area contributed by atoms with E-state index in [0.29, 0.717) is 4.54 Å². The van der Waals surface area contributed by atoms with Crippen LogP contribution in [0.1, 0.15) is 43.4 Å². The molecule has 0 amide bonds. The third-order valence-corrected chi connectivity index (χ3v) is 6.87. The number of nitrogens with zero attached hydrogens (tertiary/aromatic N) is 5. The smallest absolute Gasteiger partial charge is 0.301 e. The van der Waals surface area contributed by atoms with Crippen LogP contribution < -0.4 is 9.44 Å². The summed E-state index contributed by atoms with van der Waals surface area (Å²) >= 11 is 0. The molecule has 1 aliphatic heterocycles. The van der Waals surface area contributed by atoms with Gasteiger partial charge in [0.15, 0.2) is 0 Å². The van der Waals surface area contributed by atoms with Gasteiger partial charge in [-0.25, -0.2) is 0 Å². The van der Waals surface area contributed by atoms with Crippen LogP contribution in [0.5, 0.6) is 0 Å². The van der Waals surface area contributed by atoms with E-state index in [-0.39, 0.29) is 29.2 Å². The molecule has 4 aromatic rings. The predicted molar refractivity (Wildman–Crippen MR) is 133 cm³/mol. The Bertz CT molecular complexity index is 1500.